The number of aromatic nitrogens is 2. The lowest BCUT2D eigenvalue weighted by atomic mass is 10.1. The van der Waals surface area contributed by atoms with Crippen LogP contribution in [0.5, 0.6) is 11.5 Å². The van der Waals surface area contributed by atoms with Crippen LogP contribution in [-0.2, 0) is 22.7 Å². The normalized spacial score (nSPS) is 12.5. The summed E-state index contributed by atoms with van der Waals surface area (Å²) in [6.45, 7) is 0. The molecule has 1 N–H and O–H groups in total. The molecule has 0 saturated carbocycles. The van der Waals surface area contributed by atoms with Gasteiger partial charge in [-0.15, -0.1) is 0 Å². The van der Waals surface area contributed by atoms with Crippen LogP contribution in [0.15, 0.2) is 48.5 Å². The summed E-state index contributed by atoms with van der Waals surface area (Å²) in [5.41, 5.74) is 3.91. The summed E-state index contributed by atoms with van der Waals surface area (Å²) in [5, 5.41) is 7.80. The predicted molar refractivity (Wildman–Crippen MR) is 110 cm³/mol. The highest BCUT2D eigenvalue weighted by Crippen LogP contribution is 2.36. The standard InChI is InChI=1S/C21H21N3O3S/c1-26-16-8-6-15(7-9-16)24-21(18-12-28-13-19(18)23-24)22-20(25)11-14-4-3-5-17(10-14)27-2/h3-10H,11-13H2,1-2H3,(H,22,25). The van der Waals surface area contributed by atoms with Crippen molar-refractivity contribution < 1.29 is 14.3 Å². The highest BCUT2D eigenvalue weighted by atomic mass is 32.2. The van der Waals surface area contributed by atoms with Gasteiger partial charge >= 0.3 is 0 Å². The molecule has 0 unspecified atom stereocenters. The maximum Gasteiger partial charge on any atom is 0.229 e. The van der Waals surface area contributed by atoms with E-state index >= 15 is 0 Å². The van der Waals surface area contributed by atoms with E-state index in [1.807, 2.05) is 53.2 Å². The molecule has 2 aromatic carbocycles. The minimum Gasteiger partial charge on any atom is -0.497 e. The Kier molecular flexibility index (Phi) is 5.25. The molecule has 1 aromatic heterocycles. The van der Waals surface area contributed by atoms with E-state index in [9.17, 15) is 4.79 Å². The summed E-state index contributed by atoms with van der Waals surface area (Å²) >= 11 is 1.81. The summed E-state index contributed by atoms with van der Waals surface area (Å²) in [6, 6.07) is 15.2. The Labute approximate surface area is 167 Å². The molecule has 3 aromatic rings. The second-order valence-corrected chi connectivity index (χ2v) is 7.44. The van der Waals surface area contributed by atoms with Gasteiger partial charge in [0.1, 0.15) is 17.3 Å². The van der Waals surface area contributed by atoms with E-state index in [2.05, 4.69) is 5.32 Å². The molecule has 0 bridgehead atoms. The average molecular weight is 395 g/mol. The van der Waals surface area contributed by atoms with Crippen LogP contribution in [0.4, 0.5) is 5.82 Å². The molecule has 1 amide bonds. The number of ether oxygens (including phenoxy) is 2. The summed E-state index contributed by atoms with van der Waals surface area (Å²) in [5.74, 6) is 3.89. The second kappa shape index (κ2) is 7.98. The number of benzene rings is 2. The fraction of sp³-hybridized carbons (Fsp3) is 0.238. The van der Waals surface area contributed by atoms with Crippen molar-refractivity contribution in [3.8, 4) is 17.2 Å². The largest absolute Gasteiger partial charge is 0.497 e. The minimum atomic E-state index is -0.0809. The third-order valence-corrected chi connectivity index (χ3v) is 5.60. The highest BCUT2D eigenvalue weighted by molar-refractivity contribution is 7.98. The maximum atomic E-state index is 12.7. The third kappa shape index (κ3) is 3.71. The first-order chi connectivity index (χ1) is 13.7. The Hall–Kier alpha value is -2.93. The summed E-state index contributed by atoms with van der Waals surface area (Å²) in [4.78, 5) is 12.7. The van der Waals surface area contributed by atoms with Gasteiger partial charge in [-0.1, -0.05) is 12.1 Å². The number of amides is 1. The summed E-state index contributed by atoms with van der Waals surface area (Å²) < 4.78 is 12.3. The van der Waals surface area contributed by atoms with Gasteiger partial charge in [-0.25, -0.2) is 4.68 Å². The molecule has 0 fully saturated rings. The van der Waals surface area contributed by atoms with Crippen molar-refractivity contribution in [2.45, 2.75) is 17.9 Å². The van der Waals surface area contributed by atoms with E-state index < -0.39 is 0 Å². The van der Waals surface area contributed by atoms with Crippen LogP contribution in [0.1, 0.15) is 16.8 Å². The molecule has 2 heterocycles. The number of hydrogen-bond acceptors (Lipinski definition) is 5. The van der Waals surface area contributed by atoms with Gasteiger partial charge in [-0.05, 0) is 42.0 Å². The van der Waals surface area contributed by atoms with E-state index in [1.54, 1.807) is 26.0 Å². The average Bonchev–Trinajstić information content (AvgIpc) is 3.31. The lowest BCUT2D eigenvalue weighted by molar-refractivity contribution is -0.115. The lowest BCUT2D eigenvalue weighted by Crippen LogP contribution is -2.18. The van der Waals surface area contributed by atoms with E-state index in [1.165, 1.54) is 0 Å². The molecule has 28 heavy (non-hydrogen) atoms. The number of thioether (sulfide) groups is 1. The number of fused-ring (bicyclic) bond motifs is 1. The van der Waals surface area contributed by atoms with Crippen molar-refractivity contribution in [1.29, 1.82) is 0 Å². The van der Waals surface area contributed by atoms with E-state index in [0.29, 0.717) is 0 Å². The van der Waals surface area contributed by atoms with Crippen LogP contribution in [0.25, 0.3) is 5.69 Å². The van der Waals surface area contributed by atoms with Crippen LogP contribution in [0.2, 0.25) is 0 Å². The smallest absolute Gasteiger partial charge is 0.229 e. The quantitative estimate of drug-likeness (QED) is 0.687. The molecule has 1 aliphatic heterocycles. The van der Waals surface area contributed by atoms with Crippen molar-refractivity contribution in [2.24, 2.45) is 0 Å². The van der Waals surface area contributed by atoms with Gasteiger partial charge in [0.25, 0.3) is 0 Å². The monoisotopic (exact) mass is 395 g/mol. The highest BCUT2D eigenvalue weighted by Gasteiger charge is 2.24. The van der Waals surface area contributed by atoms with Crippen LogP contribution in [0, 0.1) is 0 Å². The van der Waals surface area contributed by atoms with Gasteiger partial charge in [0.15, 0.2) is 0 Å². The number of carbonyl (C=O) groups is 1. The van der Waals surface area contributed by atoms with Crippen molar-refractivity contribution in [3.63, 3.8) is 0 Å². The number of hydrogen-bond donors (Lipinski definition) is 1. The molecular weight excluding hydrogens is 374 g/mol. The summed E-state index contributed by atoms with van der Waals surface area (Å²) in [6.07, 6.45) is 0.271. The molecule has 0 spiro atoms. The van der Waals surface area contributed by atoms with Gasteiger partial charge in [-0.2, -0.15) is 16.9 Å². The molecule has 4 rings (SSSR count). The number of carbonyl (C=O) groups excluding carboxylic acids is 1. The second-order valence-electron chi connectivity index (χ2n) is 6.45. The first kappa shape index (κ1) is 18.4. The van der Waals surface area contributed by atoms with Crippen molar-refractivity contribution in [3.05, 3.63) is 65.4 Å². The number of anilines is 1. The molecule has 0 saturated heterocycles. The third-order valence-electron chi connectivity index (χ3n) is 4.63. The lowest BCUT2D eigenvalue weighted by Gasteiger charge is -2.12. The van der Waals surface area contributed by atoms with Crippen LogP contribution in [-0.4, -0.2) is 29.9 Å². The fourth-order valence-corrected chi connectivity index (χ4v) is 4.23. The topological polar surface area (TPSA) is 65.4 Å². The van der Waals surface area contributed by atoms with E-state index in [4.69, 9.17) is 14.6 Å². The van der Waals surface area contributed by atoms with Gasteiger partial charge in [0.2, 0.25) is 5.91 Å². The van der Waals surface area contributed by atoms with Crippen molar-refractivity contribution >= 4 is 23.5 Å². The van der Waals surface area contributed by atoms with Crippen LogP contribution in [0.3, 0.4) is 0 Å². The van der Waals surface area contributed by atoms with Crippen molar-refractivity contribution in [1.82, 2.24) is 9.78 Å². The number of nitrogens with zero attached hydrogens (tertiary/aromatic N) is 2. The number of rotatable bonds is 6. The number of nitrogens with one attached hydrogen (secondary N) is 1. The van der Waals surface area contributed by atoms with Gasteiger partial charge < -0.3 is 14.8 Å². The molecular formula is C21H21N3O3S. The van der Waals surface area contributed by atoms with Gasteiger partial charge in [0.05, 0.1) is 32.0 Å². The zero-order valence-corrected chi connectivity index (χ0v) is 16.6. The van der Waals surface area contributed by atoms with E-state index in [-0.39, 0.29) is 12.3 Å². The molecule has 0 radical (unpaired) electrons. The Morgan fingerprint density at radius 2 is 1.89 bits per heavy atom. The molecule has 0 aliphatic carbocycles. The van der Waals surface area contributed by atoms with E-state index in [0.717, 1.165) is 51.3 Å². The predicted octanol–water partition coefficient (Wildman–Crippen LogP) is 3.82. The zero-order valence-electron chi connectivity index (χ0n) is 15.8. The molecule has 6 nitrogen and oxygen atoms in total. The van der Waals surface area contributed by atoms with Crippen LogP contribution < -0.4 is 14.8 Å². The first-order valence-corrected chi connectivity index (χ1v) is 10.1. The van der Waals surface area contributed by atoms with Crippen LogP contribution >= 0.6 is 11.8 Å². The fourth-order valence-electron chi connectivity index (χ4n) is 3.20. The molecule has 144 valence electrons. The van der Waals surface area contributed by atoms with Crippen molar-refractivity contribution in [2.75, 3.05) is 19.5 Å². The Bertz CT molecular complexity index is 999. The van der Waals surface area contributed by atoms with Gasteiger partial charge in [0, 0.05) is 17.1 Å². The first-order valence-electron chi connectivity index (χ1n) is 8.93. The zero-order chi connectivity index (χ0) is 19.5. The Balaban J connectivity index is 1.60. The maximum absolute atomic E-state index is 12.7. The Morgan fingerprint density at radius 1 is 1.11 bits per heavy atom. The molecule has 1 aliphatic rings. The Morgan fingerprint density at radius 3 is 2.64 bits per heavy atom. The molecule has 0 atom stereocenters. The SMILES string of the molecule is COc1ccc(-n2nc3c(c2NC(=O)Cc2cccc(OC)c2)CSC3)cc1. The minimum absolute atomic E-state index is 0.0809. The summed E-state index contributed by atoms with van der Waals surface area (Å²) in [7, 11) is 3.26. The molecule has 7 heteroatoms. The van der Waals surface area contributed by atoms with Gasteiger partial charge in [-0.3, -0.25) is 4.79 Å². The number of methoxy groups -OCH3 is 2.